The lowest BCUT2D eigenvalue weighted by Crippen LogP contribution is -2.32. The van der Waals surface area contributed by atoms with Gasteiger partial charge in [0.2, 0.25) is 5.91 Å². The number of anilines is 1. The average molecular weight is 380 g/mol. The van der Waals surface area contributed by atoms with Crippen molar-refractivity contribution < 1.29 is 4.79 Å². The maximum atomic E-state index is 11.9. The highest BCUT2D eigenvalue weighted by Gasteiger charge is 2.08. The van der Waals surface area contributed by atoms with Gasteiger partial charge in [-0.15, -0.1) is 0 Å². The highest BCUT2D eigenvalue weighted by molar-refractivity contribution is 14.1. The third-order valence-electron chi connectivity index (χ3n) is 2.97. The Kier molecular flexibility index (Phi) is 5.40. The summed E-state index contributed by atoms with van der Waals surface area (Å²) in [6.07, 6.45) is 0. The number of carbonyl (C=O) groups is 1. The van der Waals surface area contributed by atoms with Gasteiger partial charge >= 0.3 is 0 Å². The van der Waals surface area contributed by atoms with Gasteiger partial charge in [0, 0.05) is 9.26 Å². The zero-order valence-electron chi connectivity index (χ0n) is 11.3. The molecule has 1 unspecified atom stereocenters. The van der Waals surface area contributed by atoms with E-state index in [2.05, 4.69) is 33.2 Å². The Morgan fingerprint density at radius 1 is 1.10 bits per heavy atom. The first-order valence-electron chi connectivity index (χ1n) is 6.49. The van der Waals surface area contributed by atoms with Crippen LogP contribution < -0.4 is 10.6 Å². The van der Waals surface area contributed by atoms with Crippen LogP contribution in [0, 0.1) is 3.57 Å². The molecule has 0 heterocycles. The molecule has 20 heavy (non-hydrogen) atoms. The predicted octanol–water partition coefficient (Wildman–Crippen LogP) is 3.58. The third-order valence-corrected chi connectivity index (χ3v) is 3.69. The lowest BCUT2D eigenvalue weighted by Gasteiger charge is -2.15. The molecule has 2 aromatic rings. The Morgan fingerprint density at radius 2 is 1.75 bits per heavy atom. The molecule has 104 valence electrons. The number of hydrogen-bond donors (Lipinski definition) is 2. The summed E-state index contributed by atoms with van der Waals surface area (Å²) < 4.78 is 1.18. The minimum atomic E-state index is -0.0140. The zero-order chi connectivity index (χ0) is 14.4. The van der Waals surface area contributed by atoms with Gasteiger partial charge in [-0.05, 0) is 59.3 Å². The van der Waals surface area contributed by atoms with Gasteiger partial charge in [0.05, 0.1) is 12.6 Å². The molecule has 0 radical (unpaired) electrons. The number of amides is 1. The molecular formula is C16H17IN2O. The van der Waals surface area contributed by atoms with E-state index in [1.165, 1.54) is 3.57 Å². The molecular weight excluding hydrogens is 363 g/mol. The SMILES string of the molecule is CC(NC(=O)CNc1ccc(I)cc1)c1ccccc1. The van der Waals surface area contributed by atoms with Crippen molar-refractivity contribution in [1.82, 2.24) is 5.32 Å². The molecule has 1 amide bonds. The molecule has 1 atom stereocenters. The van der Waals surface area contributed by atoms with Gasteiger partial charge in [-0.3, -0.25) is 4.79 Å². The van der Waals surface area contributed by atoms with Crippen LogP contribution in [0.3, 0.4) is 0 Å². The van der Waals surface area contributed by atoms with Crippen LogP contribution in [0.4, 0.5) is 5.69 Å². The van der Waals surface area contributed by atoms with E-state index >= 15 is 0 Å². The van der Waals surface area contributed by atoms with Crippen molar-refractivity contribution in [2.24, 2.45) is 0 Å². The molecule has 0 saturated carbocycles. The summed E-state index contributed by atoms with van der Waals surface area (Å²) >= 11 is 2.25. The van der Waals surface area contributed by atoms with Crippen LogP contribution in [0.1, 0.15) is 18.5 Å². The summed E-state index contributed by atoms with van der Waals surface area (Å²) in [5.74, 6) is -0.0140. The maximum absolute atomic E-state index is 11.9. The predicted molar refractivity (Wildman–Crippen MR) is 90.6 cm³/mol. The van der Waals surface area contributed by atoms with Gasteiger partial charge < -0.3 is 10.6 Å². The van der Waals surface area contributed by atoms with E-state index in [9.17, 15) is 4.79 Å². The van der Waals surface area contributed by atoms with E-state index in [0.717, 1.165) is 11.3 Å². The lowest BCUT2D eigenvalue weighted by atomic mass is 10.1. The van der Waals surface area contributed by atoms with Crippen molar-refractivity contribution in [1.29, 1.82) is 0 Å². The van der Waals surface area contributed by atoms with Gasteiger partial charge in [0.1, 0.15) is 0 Å². The van der Waals surface area contributed by atoms with Crippen LogP contribution in [0.2, 0.25) is 0 Å². The van der Waals surface area contributed by atoms with Gasteiger partial charge in [-0.2, -0.15) is 0 Å². The minimum Gasteiger partial charge on any atom is -0.376 e. The van der Waals surface area contributed by atoms with Gasteiger partial charge in [0.15, 0.2) is 0 Å². The van der Waals surface area contributed by atoms with Crippen molar-refractivity contribution in [2.75, 3.05) is 11.9 Å². The second-order valence-electron chi connectivity index (χ2n) is 4.56. The highest BCUT2D eigenvalue weighted by atomic mass is 127. The number of rotatable bonds is 5. The molecule has 0 spiro atoms. The molecule has 2 aromatic carbocycles. The van der Waals surface area contributed by atoms with Crippen LogP contribution in [0.5, 0.6) is 0 Å². The van der Waals surface area contributed by atoms with Crippen molar-refractivity contribution in [3.05, 3.63) is 63.7 Å². The smallest absolute Gasteiger partial charge is 0.239 e. The van der Waals surface area contributed by atoms with Crippen molar-refractivity contribution in [2.45, 2.75) is 13.0 Å². The summed E-state index contributed by atoms with van der Waals surface area (Å²) in [4.78, 5) is 11.9. The number of nitrogens with one attached hydrogen (secondary N) is 2. The number of hydrogen-bond acceptors (Lipinski definition) is 2. The van der Waals surface area contributed by atoms with Crippen LogP contribution in [0.15, 0.2) is 54.6 Å². The monoisotopic (exact) mass is 380 g/mol. The second-order valence-corrected chi connectivity index (χ2v) is 5.81. The maximum Gasteiger partial charge on any atom is 0.239 e. The van der Waals surface area contributed by atoms with Crippen LogP contribution in [0.25, 0.3) is 0 Å². The number of halogens is 1. The molecule has 0 aliphatic heterocycles. The van der Waals surface area contributed by atoms with Gasteiger partial charge in [-0.1, -0.05) is 30.3 Å². The molecule has 2 N–H and O–H groups in total. The summed E-state index contributed by atoms with van der Waals surface area (Å²) in [6, 6.07) is 17.9. The van der Waals surface area contributed by atoms with E-state index < -0.39 is 0 Å². The second kappa shape index (κ2) is 7.28. The fourth-order valence-corrected chi connectivity index (χ4v) is 2.23. The average Bonchev–Trinajstić information content (AvgIpc) is 2.47. The molecule has 0 aliphatic carbocycles. The number of benzene rings is 2. The summed E-state index contributed by atoms with van der Waals surface area (Å²) in [6.45, 7) is 2.26. The molecule has 3 nitrogen and oxygen atoms in total. The standard InChI is InChI=1S/C16H17IN2O/c1-12(13-5-3-2-4-6-13)19-16(20)11-18-15-9-7-14(17)8-10-15/h2-10,12,18H,11H2,1H3,(H,19,20). The van der Waals surface area contributed by atoms with Crippen LogP contribution >= 0.6 is 22.6 Å². The Bertz CT molecular complexity index is 554. The molecule has 2 rings (SSSR count). The van der Waals surface area contributed by atoms with Crippen LogP contribution in [-0.4, -0.2) is 12.5 Å². The lowest BCUT2D eigenvalue weighted by molar-refractivity contribution is -0.120. The molecule has 0 fully saturated rings. The first-order valence-corrected chi connectivity index (χ1v) is 7.57. The third kappa shape index (κ3) is 4.52. The van der Waals surface area contributed by atoms with E-state index in [0.29, 0.717) is 0 Å². The summed E-state index contributed by atoms with van der Waals surface area (Å²) in [5, 5.41) is 6.09. The molecule has 0 aromatic heterocycles. The van der Waals surface area contributed by atoms with Gasteiger partial charge in [-0.25, -0.2) is 0 Å². The Labute approximate surface area is 132 Å². The fraction of sp³-hybridized carbons (Fsp3) is 0.188. The topological polar surface area (TPSA) is 41.1 Å². The van der Waals surface area contributed by atoms with E-state index in [1.807, 2.05) is 61.5 Å². The summed E-state index contributed by atoms with van der Waals surface area (Å²) in [5.41, 5.74) is 2.06. The van der Waals surface area contributed by atoms with E-state index in [1.54, 1.807) is 0 Å². The summed E-state index contributed by atoms with van der Waals surface area (Å²) in [7, 11) is 0. The Morgan fingerprint density at radius 3 is 2.40 bits per heavy atom. The minimum absolute atomic E-state index is 0.0140. The highest BCUT2D eigenvalue weighted by Crippen LogP contribution is 2.12. The van der Waals surface area contributed by atoms with Crippen molar-refractivity contribution in [3.63, 3.8) is 0 Å². The first-order chi connectivity index (χ1) is 9.65. The molecule has 0 bridgehead atoms. The Hall–Kier alpha value is -1.56. The first kappa shape index (κ1) is 14.8. The zero-order valence-corrected chi connectivity index (χ0v) is 13.4. The van der Waals surface area contributed by atoms with Crippen molar-refractivity contribution >= 4 is 34.2 Å². The van der Waals surface area contributed by atoms with E-state index in [4.69, 9.17) is 0 Å². The molecule has 0 aliphatic rings. The van der Waals surface area contributed by atoms with E-state index in [-0.39, 0.29) is 18.5 Å². The Balaban J connectivity index is 1.82. The quantitative estimate of drug-likeness (QED) is 0.779. The molecule has 4 heteroatoms. The number of carbonyl (C=O) groups excluding carboxylic acids is 1. The fourth-order valence-electron chi connectivity index (χ4n) is 1.87. The molecule has 0 saturated heterocycles. The largest absolute Gasteiger partial charge is 0.376 e. The normalized spacial score (nSPS) is 11.7. The van der Waals surface area contributed by atoms with Gasteiger partial charge in [0.25, 0.3) is 0 Å². The van der Waals surface area contributed by atoms with Crippen LogP contribution in [-0.2, 0) is 4.79 Å². The van der Waals surface area contributed by atoms with Crippen molar-refractivity contribution in [3.8, 4) is 0 Å².